The maximum Gasteiger partial charge on any atom is 0.275 e. The molecule has 0 amide bonds. The van der Waals surface area contributed by atoms with E-state index in [4.69, 9.17) is 0 Å². The fourth-order valence-electron chi connectivity index (χ4n) is 2.44. The van der Waals surface area contributed by atoms with E-state index in [-0.39, 0.29) is 5.56 Å². The first kappa shape index (κ1) is 17.0. The third-order valence-electron chi connectivity index (χ3n) is 3.58. The van der Waals surface area contributed by atoms with Crippen molar-refractivity contribution in [3.63, 3.8) is 0 Å². The van der Waals surface area contributed by atoms with Gasteiger partial charge in [0, 0.05) is 38.9 Å². The van der Waals surface area contributed by atoms with Crippen LogP contribution in [0.3, 0.4) is 0 Å². The number of thiophene rings is 1. The molecule has 0 radical (unpaired) electrons. The zero-order chi connectivity index (χ0) is 17.8. The molecule has 25 heavy (non-hydrogen) atoms. The second-order valence-corrected chi connectivity index (χ2v) is 6.56. The predicted molar refractivity (Wildman–Crippen MR) is 107 cm³/mol. The van der Waals surface area contributed by atoms with Crippen LogP contribution in [-0.2, 0) is 0 Å². The largest absolute Gasteiger partial charge is 0.377 e. The third kappa shape index (κ3) is 3.36. The molecule has 0 atom stereocenters. The summed E-state index contributed by atoms with van der Waals surface area (Å²) in [5.74, 6) is 0. The number of hydrogen-bond donors (Lipinski definition) is 0. The maximum atomic E-state index is 12.7. The molecule has 3 heterocycles. The predicted octanol–water partition coefficient (Wildman–Crippen LogP) is 3.54. The van der Waals surface area contributed by atoms with Gasteiger partial charge in [-0.25, -0.2) is 9.97 Å². The minimum Gasteiger partial charge on any atom is -0.377 e. The minimum atomic E-state index is -0.0978. The summed E-state index contributed by atoms with van der Waals surface area (Å²) in [5, 5.41) is 0.925. The van der Waals surface area contributed by atoms with Crippen LogP contribution in [-0.4, -0.2) is 34.8 Å². The van der Waals surface area contributed by atoms with Gasteiger partial charge < -0.3 is 4.90 Å². The van der Waals surface area contributed by atoms with Crippen LogP contribution in [0.1, 0.15) is 13.3 Å². The Morgan fingerprint density at radius 2 is 2.16 bits per heavy atom. The quantitative estimate of drug-likeness (QED) is 0.520. The Morgan fingerprint density at radius 3 is 2.92 bits per heavy atom. The van der Waals surface area contributed by atoms with Gasteiger partial charge in [0.1, 0.15) is 15.9 Å². The van der Waals surface area contributed by atoms with Crippen molar-refractivity contribution in [1.82, 2.24) is 14.5 Å². The summed E-state index contributed by atoms with van der Waals surface area (Å²) in [6, 6.07) is 1.93. The molecule has 0 aliphatic heterocycles. The molecule has 0 aliphatic carbocycles. The maximum absolute atomic E-state index is 12.7. The van der Waals surface area contributed by atoms with E-state index in [1.165, 1.54) is 15.9 Å². The number of aromatic nitrogens is 3. The number of nitrogens with zero attached hydrogens (tertiary/aromatic N) is 5. The van der Waals surface area contributed by atoms with Gasteiger partial charge in [0.25, 0.3) is 5.56 Å². The first-order valence-corrected chi connectivity index (χ1v) is 8.75. The second kappa shape index (κ2) is 7.40. The standard InChI is InChI=1S/C18H19N5OS/c1-4-8-19-9-5-6-11-23-12-21-15-14-13(22(2)3)7-10-20-17(14)25-16(15)18(23)24/h5-12H,4H2,1-3H3/b9-5-,11-6+,19-8?. The molecule has 0 bridgehead atoms. The molecule has 0 spiro atoms. The zero-order valence-electron chi connectivity index (χ0n) is 14.4. The van der Waals surface area contributed by atoms with Gasteiger partial charge in [-0.2, -0.15) is 0 Å². The van der Waals surface area contributed by atoms with Crippen LogP contribution in [0.2, 0.25) is 0 Å². The van der Waals surface area contributed by atoms with Gasteiger partial charge in [-0.15, -0.1) is 11.3 Å². The van der Waals surface area contributed by atoms with Crippen LogP contribution < -0.4 is 10.5 Å². The highest BCUT2D eigenvalue weighted by Gasteiger charge is 2.15. The molecule has 0 fully saturated rings. The van der Waals surface area contributed by atoms with Crippen LogP contribution in [0.15, 0.2) is 46.7 Å². The van der Waals surface area contributed by atoms with Crippen LogP contribution in [0.4, 0.5) is 5.69 Å². The Bertz CT molecular complexity index is 1040. The number of anilines is 1. The van der Waals surface area contributed by atoms with E-state index < -0.39 is 0 Å². The van der Waals surface area contributed by atoms with E-state index in [2.05, 4.69) is 15.0 Å². The Labute approximate surface area is 149 Å². The second-order valence-electron chi connectivity index (χ2n) is 5.56. The molecule has 3 aromatic heterocycles. The van der Waals surface area contributed by atoms with Crippen LogP contribution in [0.25, 0.3) is 26.6 Å². The van der Waals surface area contributed by atoms with Crippen molar-refractivity contribution in [3.05, 3.63) is 47.3 Å². The van der Waals surface area contributed by atoms with E-state index in [0.29, 0.717) is 10.2 Å². The van der Waals surface area contributed by atoms with Crippen molar-refractivity contribution in [2.45, 2.75) is 13.3 Å². The summed E-state index contributed by atoms with van der Waals surface area (Å²) in [6.07, 6.45) is 12.9. The smallest absolute Gasteiger partial charge is 0.275 e. The van der Waals surface area contributed by atoms with Crippen LogP contribution >= 0.6 is 11.3 Å². The summed E-state index contributed by atoms with van der Waals surface area (Å²) in [4.78, 5) is 28.5. The summed E-state index contributed by atoms with van der Waals surface area (Å²) in [6.45, 7) is 2.02. The fraction of sp³-hybridized carbons (Fsp3) is 0.222. The Morgan fingerprint density at radius 1 is 1.32 bits per heavy atom. The average Bonchev–Trinajstić information content (AvgIpc) is 2.99. The minimum absolute atomic E-state index is 0.0978. The van der Waals surface area contributed by atoms with Crippen LogP contribution in [0, 0.1) is 0 Å². The number of rotatable bonds is 5. The van der Waals surface area contributed by atoms with Crippen molar-refractivity contribution in [2.24, 2.45) is 4.99 Å². The Kier molecular flexibility index (Phi) is 5.04. The Balaban J connectivity index is 2.06. The number of allylic oxidation sites excluding steroid dienone is 2. The van der Waals surface area contributed by atoms with E-state index >= 15 is 0 Å². The van der Waals surface area contributed by atoms with E-state index in [1.807, 2.05) is 38.2 Å². The molecule has 0 N–H and O–H groups in total. The van der Waals surface area contributed by atoms with Gasteiger partial charge in [-0.05, 0) is 24.6 Å². The highest BCUT2D eigenvalue weighted by atomic mass is 32.1. The highest BCUT2D eigenvalue weighted by Crippen LogP contribution is 2.34. The lowest BCUT2D eigenvalue weighted by Crippen LogP contribution is -2.14. The summed E-state index contributed by atoms with van der Waals surface area (Å²) in [5.41, 5.74) is 1.61. The van der Waals surface area contributed by atoms with Crippen LogP contribution in [0.5, 0.6) is 0 Å². The molecular weight excluding hydrogens is 334 g/mol. The molecule has 128 valence electrons. The molecule has 0 aliphatic rings. The molecule has 6 nitrogen and oxygen atoms in total. The van der Waals surface area contributed by atoms with Crippen molar-refractivity contribution in [1.29, 1.82) is 0 Å². The molecule has 3 aromatic rings. The van der Waals surface area contributed by atoms with Crippen molar-refractivity contribution >= 4 is 49.9 Å². The molecular formula is C18H19N5OS. The normalized spacial score (nSPS) is 12.4. The SMILES string of the molecule is CCC=N/C=C\C=C\n1cnc2c(sc3nccc(N(C)C)c32)c1=O. The van der Waals surface area contributed by atoms with Gasteiger partial charge >= 0.3 is 0 Å². The molecule has 7 heteroatoms. The molecule has 0 aromatic carbocycles. The topological polar surface area (TPSA) is 63.4 Å². The lowest BCUT2D eigenvalue weighted by atomic mass is 10.2. The van der Waals surface area contributed by atoms with Gasteiger partial charge in [0.05, 0.1) is 16.6 Å². The monoisotopic (exact) mass is 353 g/mol. The summed E-state index contributed by atoms with van der Waals surface area (Å²) >= 11 is 1.38. The van der Waals surface area contributed by atoms with E-state index in [9.17, 15) is 4.79 Å². The number of hydrogen-bond acceptors (Lipinski definition) is 6. The molecule has 0 saturated carbocycles. The van der Waals surface area contributed by atoms with Gasteiger partial charge in [0.15, 0.2) is 0 Å². The Hall–Kier alpha value is -2.80. The van der Waals surface area contributed by atoms with E-state index in [1.54, 1.807) is 37.1 Å². The molecule has 0 saturated heterocycles. The van der Waals surface area contributed by atoms with Gasteiger partial charge in [-0.1, -0.05) is 6.92 Å². The van der Waals surface area contributed by atoms with Crippen molar-refractivity contribution in [3.8, 4) is 0 Å². The number of aliphatic imine (C=N–C) groups is 1. The zero-order valence-corrected chi connectivity index (χ0v) is 15.2. The molecule has 3 rings (SSSR count). The van der Waals surface area contributed by atoms with E-state index in [0.717, 1.165) is 22.3 Å². The average molecular weight is 353 g/mol. The first-order chi connectivity index (χ1) is 12.1. The summed E-state index contributed by atoms with van der Waals surface area (Å²) < 4.78 is 2.08. The lowest BCUT2D eigenvalue weighted by molar-refractivity contribution is 1.03. The first-order valence-electron chi connectivity index (χ1n) is 7.94. The fourth-order valence-corrected chi connectivity index (χ4v) is 3.49. The highest BCUT2D eigenvalue weighted by molar-refractivity contribution is 7.25. The number of pyridine rings is 1. The van der Waals surface area contributed by atoms with Crippen molar-refractivity contribution in [2.75, 3.05) is 19.0 Å². The van der Waals surface area contributed by atoms with Crippen molar-refractivity contribution < 1.29 is 0 Å². The molecule has 0 unspecified atom stereocenters. The lowest BCUT2D eigenvalue weighted by Gasteiger charge is -2.13. The van der Waals surface area contributed by atoms with Gasteiger partial charge in [0.2, 0.25) is 0 Å². The summed E-state index contributed by atoms with van der Waals surface area (Å²) in [7, 11) is 3.94. The number of fused-ring (bicyclic) bond motifs is 3. The van der Waals surface area contributed by atoms with Gasteiger partial charge in [-0.3, -0.25) is 14.4 Å². The third-order valence-corrected chi connectivity index (χ3v) is 4.66.